The summed E-state index contributed by atoms with van der Waals surface area (Å²) >= 11 is 0. The van der Waals surface area contributed by atoms with E-state index in [1.807, 2.05) is 32.1 Å². The summed E-state index contributed by atoms with van der Waals surface area (Å²) in [5.74, 6) is 0.408. The van der Waals surface area contributed by atoms with E-state index in [9.17, 15) is 9.59 Å². The maximum Gasteiger partial charge on any atom is 0.259 e. The van der Waals surface area contributed by atoms with Gasteiger partial charge >= 0.3 is 0 Å². The number of allylic oxidation sites excluding steroid dienone is 1. The van der Waals surface area contributed by atoms with Gasteiger partial charge in [0.15, 0.2) is 0 Å². The lowest BCUT2D eigenvalue weighted by Gasteiger charge is -2.26. The van der Waals surface area contributed by atoms with Crippen LogP contribution < -0.4 is 31.6 Å². The molecule has 12 heteroatoms. The number of nitrogens with zero attached hydrogens (tertiary/aromatic N) is 6. The van der Waals surface area contributed by atoms with Crippen LogP contribution in [0.15, 0.2) is 53.0 Å². The molecule has 0 bridgehead atoms. The number of fused-ring (bicyclic) bond motifs is 1. The third kappa shape index (κ3) is 6.60. The minimum absolute atomic E-state index is 0.239. The molecule has 0 aliphatic rings. The van der Waals surface area contributed by atoms with E-state index in [0.717, 1.165) is 18.8 Å². The molecule has 4 N–H and O–H groups in total. The molecule has 0 unspecified atom stereocenters. The van der Waals surface area contributed by atoms with Gasteiger partial charge in [0.25, 0.3) is 5.56 Å². The number of hydrogen-bond acceptors (Lipinski definition) is 10. The first-order valence-corrected chi connectivity index (χ1v) is 12.1. The van der Waals surface area contributed by atoms with Crippen LogP contribution in [-0.2, 0) is 11.8 Å². The largest absolute Gasteiger partial charge is 0.494 e. The first-order chi connectivity index (χ1) is 18.6. The zero-order chi connectivity index (χ0) is 28.7. The van der Waals surface area contributed by atoms with Crippen LogP contribution in [0.1, 0.15) is 5.56 Å². The third-order valence-electron chi connectivity index (χ3n) is 6.01. The van der Waals surface area contributed by atoms with Gasteiger partial charge in [0, 0.05) is 69.9 Å². The van der Waals surface area contributed by atoms with Crippen LogP contribution >= 0.6 is 0 Å². The number of ether oxygens (including phenoxy) is 1. The topological polar surface area (TPSA) is 143 Å². The molecule has 1 aromatic carbocycles. The number of aliphatic imine (C=N–C) groups is 1. The molecule has 0 aliphatic carbocycles. The van der Waals surface area contributed by atoms with E-state index in [2.05, 4.69) is 37.1 Å². The summed E-state index contributed by atoms with van der Waals surface area (Å²) in [6.07, 6.45) is 5.68. The smallest absolute Gasteiger partial charge is 0.259 e. The van der Waals surface area contributed by atoms with E-state index in [4.69, 9.17) is 10.5 Å². The Kier molecular flexibility index (Phi) is 9.39. The molecule has 0 atom stereocenters. The molecule has 0 saturated heterocycles. The Balaban J connectivity index is 2.07. The SMILES string of the molecule is C=CC(=O)Nc1cc(Nc2ncc3cc(/C(C=NC)=C/N)c(=O)n(C)c3n2)c(OC)cc1N(C)CCN(C)C. The van der Waals surface area contributed by atoms with E-state index in [1.165, 1.54) is 23.1 Å². The summed E-state index contributed by atoms with van der Waals surface area (Å²) in [4.78, 5) is 42.3. The number of carbonyl (C=O) groups excluding carboxylic acids is 1. The van der Waals surface area contributed by atoms with Gasteiger partial charge in [0.05, 0.1) is 29.7 Å². The van der Waals surface area contributed by atoms with Gasteiger partial charge in [-0.05, 0) is 32.3 Å². The van der Waals surface area contributed by atoms with Gasteiger partial charge in [-0.2, -0.15) is 4.98 Å². The van der Waals surface area contributed by atoms with Crippen molar-refractivity contribution >= 4 is 51.7 Å². The molecule has 206 valence electrons. The number of aromatic nitrogens is 3. The number of likely N-dealkylation sites (N-methyl/N-ethyl adjacent to an activating group) is 2. The maximum atomic E-state index is 13.0. The van der Waals surface area contributed by atoms with Crippen molar-refractivity contribution in [3.05, 3.63) is 59.2 Å². The molecule has 2 heterocycles. The summed E-state index contributed by atoms with van der Waals surface area (Å²) in [7, 11) is 10.7. The predicted octanol–water partition coefficient (Wildman–Crippen LogP) is 2.20. The average molecular weight is 534 g/mol. The molecule has 0 radical (unpaired) electrons. The van der Waals surface area contributed by atoms with E-state index in [1.54, 1.807) is 39.5 Å². The van der Waals surface area contributed by atoms with E-state index in [-0.39, 0.29) is 17.4 Å². The summed E-state index contributed by atoms with van der Waals surface area (Å²) in [5.41, 5.74) is 8.59. The highest BCUT2D eigenvalue weighted by Crippen LogP contribution is 2.38. The van der Waals surface area contributed by atoms with Gasteiger partial charge in [0.1, 0.15) is 11.4 Å². The van der Waals surface area contributed by atoms with Crippen LogP contribution in [0.3, 0.4) is 0 Å². The Morgan fingerprint density at radius 3 is 2.59 bits per heavy atom. The van der Waals surface area contributed by atoms with Crippen molar-refractivity contribution in [3.8, 4) is 5.75 Å². The van der Waals surface area contributed by atoms with E-state index in [0.29, 0.717) is 39.3 Å². The monoisotopic (exact) mass is 533 g/mol. The minimum Gasteiger partial charge on any atom is -0.494 e. The zero-order valence-corrected chi connectivity index (χ0v) is 23.1. The van der Waals surface area contributed by atoms with Crippen molar-refractivity contribution in [2.75, 3.05) is 63.9 Å². The minimum atomic E-state index is -0.347. The number of benzene rings is 1. The number of nitrogens with one attached hydrogen (secondary N) is 2. The summed E-state index contributed by atoms with van der Waals surface area (Å²) in [6.45, 7) is 5.08. The Hall–Kier alpha value is -4.71. The van der Waals surface area contributed by atoms with Gasteiger partial charge < -0.3 is 30.9 Å². The van der Waals surface area contributed by atoms with Gasteiger partial charge in [-0.15, -0.1) is 0 Å². The molecule has 39 heavy (non-hydrogen) atoms. The van der Waals surface area contributed by atoms with Crippen LogP contribution in [0.5, 0.6) is 5.75 Å². The maximum absolute atomic E-state index is 13.0. The van der Waals surface area contributed by atoms with Crippen molar-refractivity contribution in [1.29, 1.82) is 0 Å². The van der Waals surface area contributed by atoms with E-state index < -0.39 is 0 Å². The first kappa shape index (κ1) is 28.9. The second kappa shape index (κ2) is 12.7. The lowest BCUT2D eigenvalue weighted by Crippen LogP contribution is -2.29. The van der Waals surface area contributed by atoms with Crippen molar-refractivity contribution < 1.29 is 9.53 Å². The average Bonchev–Trinajstić information content (AvgIpc) is 2.92. The first-order valence-electron chi connectivity index (χ1n) is 12.1. The quantitative estimate of drug-likeness (QED) is 0.250. The zero-order valence-electron chi connectivity index (χ0n) is 23.1. The number of hydrogen-bond donors (Lipinski definition) is 3. The van der Waals surface area contributed by atoms with E-state index >= 15 is 0 Å². The molecule has 0 spiro atoms. The Bertz CT molecular complexity index is 1490. The van der Waals surface area contributed by atoms with Crippen molar-refractivity contribution in [3.63, 3.8) is 0 Å². The Labute approximate surface area is 227 Å². The highest BCUT2D eigenvalue weighted by atomic mass is 16.5. The van der Waals surface area contributed by atoms with Crippen LogP contribution in [0.25, 0.3) is 16.6 Å². The van der Waals surface area contributed by atoms with Crippen molar-refractivity contribution in [2.45, 2.75) is 0 Å². The normalized spacial score (nSPS) is 11.7. The fraction of sp³-hybridized carbons (Fsp3) is 0.296. The number of anilines is 4. The van der Waals surface area contributed by atoms with Crippen LogP contribution in [-0.4, -0.2) is 79.9 Å². The number of pyridine rings is 1. The molecule has 2 aromatic heterocycles. The number of aryl methyl sites for hydroxylation is 1. The number of methoxy groups -OCH3 is 1. The van der Waals surface area contributed by atoms with Gasteiger partial charge in [-0.1, -0.05) is 6.58 Å². The lowest BCUT2D eigenvalue weighted by molar-refractivity contribution is -0.111. The van der Waals surface area contributed by atoms with Crippen LogP contribution in [0, 0.1) is 0 Å². The Morgan fingerprint density at radius 2 is 1.97 bits per heavy atom. The third-order valence-corrected chi connectivity index (χ3v) is 6.01. The highest BCUT2D eigenvalue weighted by molar-refractivity contribution is 6.10. The molecule has 3 rings (SSSR count). The number of rotatable bonds is 11. The molecule has 1 amide bonds. The van der Waals surface area contributed by atoms with Crippen molar-refractivity contribution in [1.82, 2.24) is 19.4 Å². The standard InChI is InChI=1S/C27H35N9O3/c1-8-24(37)31-20-12-21(23(39-7)13-22(20)35(5)10-9-34(3)4)32-27-30-16-17-11-19(18(14-28)15-29-2)26(38)36(6)25(17)33-27/h8,11-16H,1,9-10,28H2,2-7H3,(H,31,37)(H,30,32,33)/b18-14+,29-15?. The predicted molar refractivity (Wildman–Crippen MR) is 158 cm³/mol. The molecular formula is C27H35N9O3. The second-order valence-corrected chi connectivity index (χ2v) is 9.02. The lowest BCUT2D eigenvalue weighted by atomic mass is 10.1. The fourth-order valence-corrected chi connectivity index (χ4v) is 3.88. The number of amides is 1. The van der Waals surface area contributed by atoms with Gasteiger partial charge in [-0.3, -0.25) is 19.1 Å². The summed E-state index contributed by atoms with van der Waals surface area (Å²) in [5, 5.41) is 6.67. The van der Waals surface area contributed by atoms with Gasteiger partial charge in [0.2, 0.25) is 11.9 Å². The molecule has 12 nitrogen and oxygen atoms in total. The van der Waals surface area contributed by atoms with Gasteiger partial charge in [-0.25, -0.2) is 4.98 Å². The number of carbonyl (C=O) groups is 1. The molecular weight excluding hydrogens is 498 g/mol. The summed E-state index contributed by atoms with van der Waals surface area (Å²) < 4.78 is 7.09. The Morgan fingerprint density at radius 1 is 1.23 bits per heavy atom. The van der Waals surface area contributed by atoms with Crippen LogP contribution in [0.2, 0.25) is 0 Å². The fourth-order valence-electron chi connectivity index (χ4n) is 3.88. The van der Waals surface area contributed by atoms with Crippen LogP contribution in [0.4, 0.5) is 23.0 Å². The molecule has 0 fully saturated rings. The molecule has 3 aromatic rings. The highest BCUT2D eigenvalue weighted by Gasteiger charge is 2.17. The van der Waals surface area contributed by atoms with Crippen molar-refractivity contribution in [2.24, 2.45) is 17.8 Å². The summed E-state index contributed by atoms with van der Waals surface area (Å²) in [6, 6.07) is 5.26. The second-order valence-electron chi connectivity index (χ2n) is 9.02. The number of nitrogens with two attached hydrogens (primary N) is 1. The molecule has 0 aliphatic heterocycles. The molecule has 0 saturated carbocycles.